The second-order valence-corrected chi connectivity index (χ2v) is 6.45. The molecule has 0 saturated carbocycles. The van der Waals surface area contributed by atoms with Gasteiger partial charge in [-0.05, 0) is 47.2 Å². The first-order valence-electron chi connectivity index (χ1n) is 8.72. The summed E-state index contributed by atoms with van der Waals surface area (Å²) >= 11 is 0. The fraction of sp³-hybridized carbons (Fsp3) is 0.158. The molecular formula is C19H16N6O3. The van der Waals surface area contributed by atoms with Crippen LogP contribution in [0.1, 0.15) is 18.5 Å². The van der Waals surface area contributed by atoms with Gasteiger partial charge in [-0.25, -0.2) is 0 Å². The average molecular weight is 376 g/mol. The van der Waals surface area contributed by atoms with Crippen molar-refractivity contribution >= 4 is 17.5 Å². The topological polar surface area (TPSA) is 103 Å². The maximum absolute atomic E-state index is 13.2. The number of nitrogens with zero attached hydrogens (tertiary/aromatic N) is 4. The molecule has 1 atom stereocenters. The van der Waals surface area contributed by atoms with Crippen LogP contribution < -0.4 is 20.1 Å². The lowest BCUT2D eigenvalue weighted by Crippen LogP contribution is -2.31. The van der Waals surface area contributed by atoms with E-state index >= 15 is 0 Å². The number of anilines is 2. The first kappa shape index (κ1) is 16.3. The Kier molecular flexibility index (Phi) is 3.71. The molecule has 0 fully saturated rings. The van der Waals surface area contributed by atoms with E-state index in [1.54, 1.807) is 4.68 Å². The van der Waals surface area contributed by atoms with Crippen molar-refractivity contribution in [2.45, 2.75) is 13.0 Å². The number of ether oxygens (including phenoxy) is 2. The van der Waals surface area contributed by atoms with Crippen LogP contribution in [0.3, 0.4) is 0 Å². The second kappa shape index (κ2) is 6.38. The third-order valence-electron chi connectivity index (χ3n) is 4.70. The molecule has 2 aliphatic rings. The van der Waals surface area contributed by atoms with Crippen molar-refractivity contribution in [2.75, 3.05) is 17.4 Å². The third kappa shape index (κ3) is 2.64. The van der Waals surface area contributed by atoms with E-state index in [1.807, 2.05) is 55.5 Å². The van der Waals surface area contributed by atoms with Gasteiger partial charge in [-0.3, -0.25) is 4.79 Å². The van der Waals surface area contributed by atoms with Gasteiger partial charge in [0.15, 0.2) is 11.5 Å². The Bertz CT molecular complexity index is 1090. The van der Waals surface area contributed by atoms with Crippen LogP contribution in [0.2, 0.25) is 0 Å². The van der Waals surface area contributed by atoms with Gasteiger partial charge in [-0.2, -0.15) is 4.68 Å². The van der Waals surface area contributed by atoms with E-state index in [-0.39, 0.29) is 12.7 Å². The number of tetrazole rings is 1. The Hall–Kier alpha value is -3.88. The molecule has 3 aromatic rings. The molecule has 9 heteroatoms. The Labute approximate surface area is 160 Å². The van der Waals surface area contributed by atoms with Gasteiger partial charge in [0.2, 0.25) is 12.7 Å². The second-order valence-electron chi connectivity index (χ2n) is 6.45. The molecule has 2 aromatic carbocycles. The zero-order valence-electron chi connectivity index (χ0n) is 14.9. The number of fused-ring (bicyclic) bond motifs is 2. The molecule has 5 rings (SSSR count). The summed E-state index contributed by atoms with van der Waals surface area (Å²) < 4.78 is 12.5. The predicted octanol–water partition coefficient (Wildman–Crippen LogP) is 2.33. The number of carbonyl (C=O) groups excluding carboxylic acids is 1. The molecule has 2 aliphatic heterocycles. The molecule has 9 nitrogen and oxygen atoms in total. The number of benzene rings is 2. The molecule has 140 valence electrons. The molecule has 0 unspecified atom stereocenters. The van der Waals surface area contributed by atoms with E-state index < -0.39 is 6.04 Å². The Morgan fingerprint density at radius 2 is 2.00 bits per heavy atom. The summed E-state index contributed by atoms with van der Waals surface area (Å²) in [5.74, 6) is 1.54. The highest BCUT2D eigenvalue weighted by molar-refractivity contribution is 6.06. The minimum atomic E-state index is -0.510. The molecule has 0 aliphatic carbocycles. The summed E-state index contributed by atoms with van der Waals surface area (Å²) in [6.45, 7) is 2.01. The lowest BCUT2D eigenvalue weighted by Gasteiger charge is -2.28. The highest BCUT2D eigenvalue weighted by Crippen LogP contribution is 2.40. The van der Waals surface area contributed by atoms with Crippen LogP contribution in [0.5, 0.6) is 11.5 Å². The zero-order chi connectivity index (χ0) is 19.1. The van der Waals surface area contributed by atoms with Crippen LogP contribution in [0.4, 0.5) is 11.6 Å². The van der Waals surface area contributed by atoms with Gasteiger partial charge in [0.1, 0.15) is 6.04 Å². The van der Waals surface area contributed by atoms with E-state index in [4.69, 9.17) is 9.47 Å². The van der Waals surface area contributed by atoms with E-state index in [1.165, 1.54) is 0 Å². The molecule has 28 heavy (non-hydrogen) atoms. The summed E-state index contributed by atoms with van der Waals surface area (Å²) in [5, 5.41) is 17.9. The fourth-order valence-corrected chi connectivity index (χ4v) is 3.42. The molecular weight excluding hydrogens is 360 g/mol. The Morgan fingerprint density at radius 3 is 2.86 bits per heavy atom. The third-order valence-corrected chi connectivity index (χ3v) is 4.70. The largest absolute Gasteiger partial charge is 0.454 e. The SMILES string of the molecule is CC1=C(C(=O)Nc2ccccc2)[C@@H](c2ccc3c(c2)OCO3)n2nnnc2N1. The number of para-hydroxylation sites is 1. The molecule has 1 amide bonds. The number of rotatable bonds is 3. The maximum atomic E-state index is 13.2. The van der Waals surface area contributed by atoms with Gasteiger partial charge in [0, 0.05) is 11.4 Å². The Balaban J connectivity index is 1.58. The molecule has 0 radical (unpaired) electrons. The standard InChI is InChI=1S/C19H16N6O3/c1-11-16(18(26)21-13-5-3-2-4-6-13)17(25-19(20-11)22-23-24-25)12-7-8-14-15(9-12)28-10-27-14/h2-9,17H,10H2,1H3,(H,21,26)(H,20,22,24)/t17-/m1/s1. The number of hydrogen-bond acceptors (Lipinski definition) is 7. The van der Waals surface area contributed by atoms with E-state index in [9.17, 15) is 4.79 Å². The summed E-state index contributed by atoms with van der Waals surface area (Å²) in [7, 11) is 0. The summed E-state index contributed by atoms with van der Waals surface area (Å²) in [6, 6.07) is 14.4. The van der Waals surface area contributed by atoms with Crippen LogP contribution in [0, 0.1) is 0 Å². The highest BCUT2D eigenvalue weighted by atomic mass is 16.7. The highest BCUT2D eigenvalue weighted by Gasteiger charge is 2.34. The molecule has 0 saturated heterocycles. The van der Waals surface area contributed by atoms with Crippen molar-refractivity contribution in [3.05, 3.63) is 65.4 Å². The minimum absolute atomic E-state index is 0.178. The van der Waals surface area contributed by atoms with E-state index in [0.717, 1.165) is 5.56 Å². The van der Waals surface area contributed by atoms with Gasteiger partial charge in [-0.15, -0.1) is 0 Å². The van der Waals surface area contributed by atoms with Gasteiger partial charge < -0.3 is 20.1 Å². The fourth-order valence-electron chi connectivity index (χ4n) is 3.42. The lowest BCUT2D eigenvalue weighted by molar-refractivity contribution is -0.113. The first-order chi connectivity index (χ1) is 13.7. The lowest BCUT2D eigenvalue weighted by atomic mass is 9.94. The molecule has 3 heterocycles. The minimum Gasteiger partial charge on any atom is -0.454 e. The summed E-state index contributed by atoms with van der Waals surface area (Å²) in [6.07, 6.45) is 0. The van der Waals surface area contributed by atoms with Crippen molar-refractivity contribution in [1.82, 2.24) is 20.2 Å². The summed E-state index contributed by atoms with van der Waals surface area (Å²) in [4.78, 5) is 13.2. The Morgan fingerprint density at radius 1 is 1.18 bits per heavy atom. The van der Waals surface area contributed by atoms with Crippen LogP contribution in [0.15, 0.2) is 59.8 Å². The number of nitrogens with one attached hydrogen (secondary N) is 2. The van der Waals surface area contributed by atoms with Crippen LogP contribution in [-0.4, -0.2) is 32.9 Å². The number of aromatic nitrogens is 4. The number of hydrogen-bond donors (Lipinski definition) is 2. The molecule has 1 aromatic heterocycles. The van der Waals surface area contributed by atoms with Gasteiger partial charge in [0.05, 0.1) is 5.57 Å². The van der Waals surface area contributed by atoms with Crippen molar-refractivity contribution in [3.8, 4) is 11.5 Å². The van der Waals surface area contributed by atoms with Crippen LogP contribution in [-0.2, 0) is 4.79 Å². The van der Waals surface area contributed by atoms with E-state index in [0.29, 0.717) is 34.4 Å². The quantitative estimate of drug-likeness (QED) is 0.723. The number of carbonyl (C=O) groups is 1. The van der Waals surface area contributed by atoms with Crippen LogP contribution >= 0.6 is 0 Å². The van der Waals surface area contributed by atoms with Crippen LogP contribution in [0.25, 0.3) is 0 Å². The number of allylic oxidation sites excluding steroid dienone is 1. The van der Waals surface area contributed by atoms with Gasteiger partial charge >= 0.3 is 0 Å². The van der Waals surface area contributed by atoms with Crippen molar-refractivity contribution in [2.24, 2.45) is 0 Å². The van der Waals surface area contributed by atoms with Gasteiger partial charge in [0.25, 0.3) is 5.91 Å². The smallest absolute Gasteiger partial charge is 0.255 e. The average Bonchev–Trinajstić information content (AvgIpc) is 3.35. The van der Waals surface area contributed by atoms with Crippen molar-refractivity contribution in [3.63, 3.8) is 0 Å². The zero-order valence-corrected chi connectivity index (χ0v) is 14.9. The maximum Gasteiger partial charge on any atom is 0.255 e. The first-order valence-corrected chi connectivity index (χ1v) is 8.72. The molecule has 2 N–H and O–H groups in total. The van der Waals surface area contributed by atoms with Crippen molar-refractivity contribution in [1.29, 1.82) is 0 Å². The van der Waals surface area contributed by atoms with Gasteiger partial charge in [-0.1, -0.05) is 29.4 Å². The van der Waals surface area contributed by atoms with Crippen molar-refractivity contribution < 1.29 is 14.3 Å². The monoisotopic (exact) mass is 376 g/mol. The normalized spacial score (nSPS) is 17.1. The van der Waals surface area contributed by atoms with E-state index in [2.05, 4.69) is 26.2 Å². The molecule has 0 bridgehead atoms. The molecule has 0 spiro atoms. The summed E-state index contributed by atoms with van der Waals surface area (Å²) in [5.41, 5.74) is 2.72. The number of amides is 1. The predicted molar refractivity (Wildman–Crippen MR) is 99.9 cm³/mol.